The van der Waals surface area contributed by atoms with E-state index in [0.717, 1.165) is 21.9 Å². The Balaban J connectivity index is 1.61. The highest BCUT2D eigenvalue weighted by atomic mass is 16.5. The molecule has 0 aromatic heterocycles. The minimum absolute atomic E-state index is 0.107. The van der Waals surface area contributed by atoms with E-state index in [1.54, 1.807) is 19.1 Å². The number of carbonyl (C=O) groups is 2. The van der Waals surface area contributed by atoms with Crippen molar-refractivity contribution in [2.45, 2.75) is 26.4 Å². The van der Waals surface area contributed by atoms with Crippen molar-refractivity contribution in [1.29, 1.82) is 0 Å². The molecule has 0 heterocycles. The summed E-state index contributed by atoms with van der Waals surface area (Å²) in [5.74, 6) is -0.307. The van der Waals surface area contributed by atoms with Crippen LogP contribution in [-0.2, 0) is 20.7 Å². The minimum atomic E-state index is -0.918. The summed E-state index contributed by atoms with van der Waals surface area (Å²) in [6.45, 7) is 3.47. The number of esters is 1. The van der Waals surface area contributed by atoms with Crippen molar-refractivity contribution in [2.24, 2.45) is 0 Å². The molecule has 0 aliphatic heterocycles. The molecule has 0 aliphatic carbocycles. The van der Waals surface area contributed by atoms with Crippen LogP contribution in [0.3, 0.4) is 0 Å². The van der Waals surface area contributed by atoms with Gasteiger partial charge in [-0.1, -0.05) is 48.5 Å². The molecule has 0 bridgehead atoms. The molecule has 0 saturated carbocycles. The van der Waals surface area contributed by atoms with Gasteiger partial charge in [-0.2, -0.15) is 0 Å². The quantitative estimate of drug-likeness (QED) is 0.652. The lowest BCUT2D eigenvalue weighted by Crippen LogP contribution is -2.30. The highest BCUT2D eigenvalue weighted by Crippen LogP contribution is 2.25. The van der Waals surface area contributed by atoms with Crippen LogP contribution in [0.2, 0.25) is 0 Å². The molecule has 28 heavy (non-hydrogen) atoms. The van der Waals surface area contributed by atoms with E-state index in [-0.39, 0.29) is 6.42 Å². The van der Waals surface area contributed by atoms with E-state index in [1.807, 2.05) is 55.5 Å². The van der Waals surface area contributed by atoms with Crippen molar-refractivity contribution in [3.63, 3.8) is 0 Å². The number of hydrogen-bond donors (Lipinski definition) is 1. The highest BCUT2D eigenvalue weighted by molar-refractivity contribution is 5.96. The molecule has 0 aliphatic rings. The highest BCUT2D eigenvalue weighted by Gasteiger charge is 2.19. The monoisotopic (exact) mass is 377 g/mol. The molecule has 3 aromatic rings. The zero-order valence-corrected chi connectivity index (χ0v) is 16.2. The average molecular weight is 377 g/mol. The van der Waals surface area contributed by atoms with Crippen LogP contribution in [0.15, 0.2) is 60.7 Å². The second-order valence-corrected chi connectivity index (χ2v) is 6.68. The summed E-state index contributed by atoms with van der Waals surface area (Å²) in [6.07, 6.45) is -0.811. The van der Waals surface area contributed by atoms with Gasteiger partial charge in [0, 0.05) is 0 Å². The fourth-order valence-corrected chi connectivity index (χ4v) is 2.96. The molecule has 0 saturated heterocycles. The summed E-state index contributed by atoms with van der Waals surface area (Å²) in [5.41, 5.74) is 2.37. The zero-order valence-electron chi connectivity index (χ0n) is 16.2. The smallest absolute Gasteiger partial charge is 0.311 e. The van der Waals surface area contributed by atoms with Gasteiger partial charge < -0.3 is 14.8 Å². The van der Waals surface area contributed by atoms with Crippen LogP contribution in [0.25, 0.3) is 10.8 Å². The Hall–Kier alpha value is -3.34. The summed E-state index contributed by atoms with van der Waals surface area (Å²) in [5, 5.41) is 4.93. The van der Waals surface area contributed by atoms with Crippen LogP contribution in [0.5, 0.6) is 5.75 Å². The molecule has 5 heteroatoms. The van der Waals surface area contributed by atoms with Crippen molar-refractivity contribution in [3.8, 4) is 5.75 Å². The number of anilines is 1. The first-order valence-corrected chi connectivity index (χ1v) is 9.09. The number of fused-ring (bicyclic) bond motifs is 1. The topological polar surface area (TPSA) is 64.6 Å². The first kappa shape index (κ1) is 19.4. The number of hydrogen-bond acceptors (Lipinski definition) is 4. The summed E-state index contributed by atoms with van der Waals surface area (Å²) in [6, 6.07) is 19.2. The fraction of sp³-hybridized carbons (Fsp3) is 0.217. The number of benzene rings is 3. The SMILES string of the molecule is COc1ccc(C)cc1NC(=O)[C@H](C)OC(=O)Cc1ccc2ccccc2c1. The Morgan fingerprint density at radius 2 is 1.75 bits per heavy atom. The zero-order chi connectivity index (χ0) is 20.1. The Morgan fingerprint density at radius 3 is 2.50 bits per heavy atom. The van der Waals surface area contributed by atoms with E-state index in [1.165, 1.54) is 7.11 Å². The molecule has 0 unspecified atom stereocenters. The van der Waals surface area contributed by atoms with Crippen molar-refractivity contribution in [2.75, 3.05) is 12.4 Å². The molecule has 1 amide bonds. The van der Waals surface area contributed by atoms with E-state index < -0.39 is 18.0 Å². The maximum atomic E-state index is 12.4. The van der Waals surface area contributed by atoms with E-state index in [2.05, 4.69) is 5.32 Å². The fourth-order valence-electron chi connectivity index (χ4n) is 2.96. The van der Waals surface area contributed by atoms with Crippen molar-refractivity contribution >= 4 is 28.3 Å². The molecule has 5 nitrogen and oxygen atoms in total. The number of rotatable bonds is 6. The molecule has 144 valence electrons. The van der Waals surface area contributed by atoms with Gasteiger partial charge in [0.05, 0.1) is 19.2 Å². The number of ether oxygens (including phenoxy) is 2. The number of methoxy groups -OCH3 is 1. The van der Waals surface area contributed by atoms with Crippen LogP contribution in [0.1, 0.15) is 18.1 Å². The third-order valence-corrected chi connectivity index (χ3v) is 4.45. The average Bonchev–Trinajstić information content (AvgIpc) is 2.68. The van der Waals surface area contributed by atoms with Gasteiger partial charge in [0.25, 0.3) is 5.91 Å². The molecule has 0 fully saturated rings. The first-order chi connectivity index (χ1) is 13.5. The Kier molecular flexibility index (Phi) is 5.94. The summed E-state index contributed by atoms with van der Waals surface area (Å²) in [7, 11) is 1.54. The third kappa shape index (κ3) is 4.68. The van der Waals surface area contributed by atoms with Gasteiger partial charge in [-0.05, 0) is 47.9 Å². The number of amides is 1. The number of nitrogens with one attached hydrogen (secondary N) is 1. The first-order valence-electron chi connectivity index (χ1n) is 9.09. The lowest BCUT2D eigenvalue weighted by molar-refractivity contribution is -0.152. The minimum Gasteiger partial charge on any atom is -0.495 e. The predicted molar refractivity (Wildman–Crippen MR) is 110 cm³/mol. The molecule has 1 N–H and O–H groups in total. The Labute approximate surface area is 164 Å². The van der Waals surface area contributed by atoms with Gasteiger partial charge in [-0.25, -0.2) is 0 Å². The molecular formula is C23H23NO4. The second-order valence-electron chi connectivity index (χ2n) is 6.68. The number of aryl methyl sites for hydroxylation is 1. The Morgan fingerprint density at radius 1 is 1.00 bits per heavy atom. The maximum absolute atomic E-state index is 12.4. The van der Waals surface area contributed by atoms with Crippen molar-refractivity contribution in [3.05, 3.63) is 71.8 Å². The van der Waals surface area contributed by atoms with E-state index in [0.29, 0.717) is 11.4 Å². The Bertz CT molecular complexity index is 1010. The van der Waals surface area contributed by atoms with Gasteiger partial charge in [0.1, 0.15) is 5.75 Å². The lowest BCUT2D eigenvalue weighted by Gasteiger charge is -2.15. The maximum Gasteiger partial charge on any atom is 0.311 e. The molecule has 0 radical (unpaired) electrons. The van der Waals surface area contributed by atoms with Crippen molar-refractivity contribution in [1.82, 2.24) is 0 Å². The predicted octanol–water partition coefficient (Wildman–Crippen LogP) is 4.27. The molecule has 3 aromatic carbocycles. The third-order valence-electron chi connectivity index (χ3n) is 4.45. The van der Waals surface area contributed by atoms with Gasteiger partial charge in [0.2, 0.25) is 0 Å². The molecule has 3 rings (SSSR count). The van der Waals surface area contributed by atoms with E-state index in [9.17, 15) is 9.59 Å². The van der Waals surface area contributed by atoms with E-state index in [4.69, 9.17) is 9.47 Å². The van der Waals surface area contributed by atoms with Gasteiger partial charge in [0.15, 0.2) is 6.10 Å². The lowest BCUT2D eigenvalue weighted by atomic mass is 10.1. The molecule has 0 spiro atoms. The van der Waals surface area contributed by atoms with Gasteiger partial charge >= 0.3 is 5.97 Å². The largest absolute Gasteiger partial charge is 0.495 e. The van der Waals surface area contributed by atoms with Crippen LogP contribution in [0.4, 0.5) is 5.69 Å². The normalized spacial score (nSPS) is 11.7. The second kappa shape index (κ2) is 8.57. The summed E-state index contributed by atoms with van der Waals surface area (Å²) in [4.78, 5) is 24.7. The van der Waals surface area contributed by atoms with Crippen LogP contribution < -0.4 is 10.1 Å². The van der Waals surface area contributed by atoms with Crippen LogP contribution in [-0.4, -0.2) is 25.1 Å². The van der Waals surface area contributed by atoms with Gasteiger partial charge in [-0.3, -0.25) is 9.59 Å². The van der Waals surface area contributed by atoms with E-state index >= 15 is 0 Å². The van der Waals surface area contributed by atoms with Crippen molar-refractivity contribution < 1.29 is 19.1 Å². The molecule has 1 atom stereocenters. The van der Waals surface area contributed by atoms with Crippen LogP contribution >= 0.6 is 0 Å². The summed E-state index contributed by atoms with van der Waals surface area (Å²) < 4.78 is 10.6. The van der Waals surface area contributed by atoms with Gasteiger partial charge in [-0.15, -0.1) is 0 Å². The molecular weight excluding hydrogens is 354 g/mol. The van der Waals surface area contributed by atoms with Crippen LogP contribution in [0, 0.1) is 6.92 Å². The summed E-state index contributed by atoms with van der Waals surface area (Å²) >= 11 is 0. The standard InChI is InChI=1S/C23H23NO4/c1-15-8-11-21(27-3)20(12-15)24-23(26)16(2)28-22(25)14-17-9-10-18-6-4-5-7-19(18)13-17/h4-13,16H,14H2,1-3H3,(H,24,26)/t16-/m0/s1. The number of carbonyl (C=O) groups excluding carboxylic acids is 2.